The molecule has 2 fully saturated rings. The van der Waals surface area contributed by atoms with Gasteiger partial charge in [-0.15, -0.1) is 0 Å². The number of benzene rings is 1. The van der Waals surface area contributed by atoms with Crippen LogP contribution < -0.4 is 0 Å². The molecule has 1 aromatic carbocycles. The Kier molecular flexibility index (Phi) is 8.22. The molecular weight excluding hydrogens is 512 g/mol. The van der Waals surface area contributed by atoms with Crippen molar-refractivity contribution < 1.29 is 13.6 Å². The predicted octanol–water partition coefficient (Wildman–Crippen LogP) is 3.89. The summed E-state index contributed by atoms with van der Waals surface area (Å²) < 4.78 is 28.5. The van der Waals surface area contributed by atoms with E-state index in [1.54, 1.807) is 30.6 Å². The van der Waals surface area contributed by atoms with E-state index in [1.165, 1.54) is 16.9 Å². The smallest absolute Gasteiger partial charge is 0.280 e. The van der Waals surface area contributed by atoms with Gasteiger partial charge in [-0.25, -0.2) is 18.3 Å². The van der Waals surface area contributed by atoms with Crippen LogP contribution in [-0.4, -0.2) is 52.4 Å². The van der Waals surface area contributed by atoms with Crippen molar-refractivity contribution in [2.45, 2.75) is 50.1 Å². The molecule has 3 aromatic heterocycles. The van der Waals surface area contributed by atoms with Crippen LogP contribution >= 0.6 is 40.5 Å². The van der Waals surface area contributed by atoms with Crippen LogP contribution in [0.1, 0.15) is 59.8 Å². The zero-order valence-corrected chi connectivity index (χ0v) is 21.5. The van der Waals surface area contributed by atoms with Gasteiger partial charge in [-0.3, -0.25) is 14.8 Å². The summed E-state index contributed by atoms with van der Waals surface area (Å²) in [4.78, 5) is 32.0. The maximum absolute atomic E-state index is 13.6. The van der Waals surface area contributed by atoms with Crippen LogP contribution in [0.5, 0.6) is 0 Å². The van der Waals surface area contributed by atoms with Crippen LogP contribution in [0.25, 0.3) is 16.8 Å². The number of amides is 1. The number of hydrogen-bond donors (Lipinski definition) is 0. The Morgan fingerprint density at radius 1 is 0.943 bits per heavy atom. The van der Waals surface area contributed by atoms with Crippen LogP contribution in [0.4, 0.5) is 8.78 Å². The third-order valence-corrected chi connectivity index (χ3v) is 6.68. The minimum atomic E-state index is -2.70. The summed E-state index contributed by atoms with van der Waals surface area (Å²) in [6.07, 6.45) is 5.15. The first-order valence-corrected chi connectivity index (χ1v) is 10.6. The van der Waals surface area contributed by atoms with E-state index in [9.17, 15) is 13.6 Å². The minimum Gasteiger partial charge on any atom is -0.332 e. The van der Waals surface area contributed by atoms with Crippen molar-refractivity contribution in [3.63, 3.8) is 0 Å². The second kappa shape index (κ2) is 10.6. The molecule has 5 heterocycles. The monoisotopic (exact) mass is 537 g/mol. The van der Waals surface area contributed by atoms with Gasteiger partial charge in [-0.2, -0.15) is 50.6 Å². The van der Waals surface area contributed by atoms with E-state index in [2.05, 4.69) is 25.0 Å². The maximum Gasteiger partial charge on any atom is 0.280 e. The van der Waals surface area contributed by atoms with Crippen LogP contribution in [0, 0.1) is 0 Å². The fourth-order valence-corrected chi connectivity index (χ4v) is 5.29. The van der Waals surface area contributed by atoms with Crippen molar-refractivity contribution in [2.24, 2.45) is 0 Å². The molecule has 186 valence electrons. The lowest BCUT2D eigenvalue weighted by molar-refractivity contribution is 0.0554. The second-order valence-electron chi connectivity index (χ2n) is 8.33. The van der Waals surface area contributed by atoms with Gasteiger partial charge in [-0.1, -0.05) is 0 Å². The Labute approximate surface area is 220 Å². The molecule has 2 saturated heterocycles. The largest absolute Gasteiger partial charge is 0.332 e. The molecule has 3 atom stereocenters. The highest BCUT2D eigenvalue weighted by Crippen LogP contribution is 2.45. The molecule has 0 spiro atoms. The first-order chi connectivity index (χ1) is 15.6. The van der Waals surface area contributed by atoms with Crippen LogP contribution in [-0.2, 0) is 0 Å². The molecule has 0 aliphatic carbocycles. The molecule has 6 rings (SSSR count). The number of carbonyl (C=O) groups excluding carboxylic acids is 1. The highest BCUT2D eigenvalue weighted by molar-refractivity contribution is 7.59. The Hall–Kier alpha value is -2.51. The first-order valence-electron chi connectivity index (χ1n) is 10.6. The summed E-state index contributed by atoms with van der Waals surface area (Å²) in [5, 5.41) is 4.22. The highest BCUT2D eigenvalue weighted by atomic mass is 32.1. The van der Waals surface area contributed by atoms with Crippen molar-refractivity contribution in [2.75, 3.05) is 0 Å². The number of carbonyl (C=O) groups is 1. The topological polar surface area (TPSA) is 89.2 Å². The van der Waals surface area contributed by atoms with Crippen molar-refractivity contribution in [3.05, 3.63) is 59.9 Å². The average Bonchev–Trinajstić information content (AvgIpc) is 3.40. The normalized spacial score (nSPS) is 20.9. The lowest BCUT2D eigenvalue weighted by Gasteiger charge is -2.40. The number of aromatic nitrogens is 6. The van der Waals surface area contributed by atoms with Gasteiger partial charge in [0.25, 0.3) is 18.1 Å². The number of rotatable bonds is 3. The van der Waals surface area contributed by atoms with Gasteiger partial charge in [-0.05, 0) is 49.9 Å². The van der Waals surface area contributed by atoms with E-state index in [0.717, 1.165) is 31.2 Å². The molecule has 0 unspecified atom stereocenters. The number of hydrogen-bond acceptors (Lipinski definition) is 6. The molecular formula is C22H25F2N7OS3. The van der Waals surface area contributed by atoms with Crippen LogP contribution in [0.3, 0.4) is 0 Å². The quantitative estimate of drug-likeness (QED) is 0.394. The number of piperidine rings is 1. The molecule has 0 N–H and O–H groups in total. The molecule has 13 heteroatoms. The molecule has 8 nitrogen and oxygen atoms in total. The third kappa shape index (κ3) is 4.56. The Bertz CT molecular complexity index is 1360. The minimum absolute atomic E-state index is 0. The summed E-state index contributed by atoms with van der Waals surface area (Å²) in [7, 11) is 0. The number of alkyl halides is 2. The van der Waals surface area contributed by atoms with Crippen molar-refractivity contribution >= 4 is 63.2 Å². The van der Waals surface area contributed by atoms with E-state index >= 15 is 0 Å². The van der Waals surface area contributed by atoms with Gasteiger partial charge in [0.15, 0.2) is 0 Å². The Morgan fingerprint density at radius 3 is 2.46 bits per heavy atom. The van der Waals surface area contributed by atoms with Crippen LogP contribution in [0.15, 0.2) is 43.0 Å². The van der Waals surface area contributed by atoms with E-state index < -0.39 is 6.43 Å². The van der Waals surface area contributed by atoms with Gasteiger partial charge in [0.2, 0.25) is 0 Å². The highest BCUT2D eigenvalue weighted by Gasteiger charge is 2.46. The number of fused-ring (bicyclic) bond motifs is 4. The van der Waals surface area contributed by atoms with Gasteiger partial charge in [0, 0.05) is 36.0 Å². The number of halogens is 2. The molecule has 4 aromatic rings. The first kappa shape index (κ1) is 27.1. The van der Waals surface area contributed by atoms with Crippen LogP contribution in [0.2, 0.25) is 0 Å². The van der Waals surface area contributed by atoms with E-state index in [1.807, 2.05) is 4.90 Å². The second-order valence-corrected chi connectivity index (χ2v) is 8.33. The average molecular weight is 538 g/mol. The summed E-state index contributed by atoms with van der Waals surface area (Å²) in [5.41, 5.74) is 2.28. The molecule has 1 amide bonds. The summed E-state index contributed by atoms with van der Waals surface area (Å²) >= 11 is 0. The zero-order chi connectivity index (χ0) is 21.8. The van der Waals surface area contributed by atoms with Gasteiger partial charge < -0.3 is 4.90 Å². The molecule has 0 saturated carbocycles. The molecule has 2 aliphatic rings. The summed E-state index contributed by atoms with van der Waals surface area (Å²) in [6.45, 7) is 0. The fraction of sp³-hybridized carbons (Fsp3) is 0.364. The van der Waals surface area contributed by atoms with E-state index in [-0.39, 0.29) is 75.9 Å². The van der Waals surface area contributed by atoms with Gasteiger partial charge in [0.05, 0.1) is 16.7 Å². The Morgan fingerprint density at radius 2 is 1.69 bits per heavy atom. The SMILES string of the molecule is O=C(c1ccc2nccnc2c1)N1[C@H]2CC[C@H](c3cc(C(F)F)nc4ncnn34)[C@@H]1CC2.S.S.S. The van der Waals surface area contributed by atoms with Crippen molar-refractivity contribution in [3.8, 4) is 0 Å². The van der Waals surface area contributed by atoms with Crippen molar-refractivity contribution in [1.82, 2.24) is 34.4 Å². The Balaban J connectivity index is 0.00000114. The molecule has 2 bridgehead atoms. The van der Waals surface area contributed by atoms with Gasteiger partial charge >= 0.3 is 0 Å². The fourth-order valence-electron chi connectivity index (χ4n) is 5.29. The third-order valence-electron chi connectivity index (χ3n) is 6.68. The summed E-state index contributed by atoms with van der Waals surface area (Å²) in [5.74, 6) is -0.0284. The van der Waals surface area contributed by atoms with E-state index in [0.29, 0.717) is 16.8 Å². The summed E-state index contributed by atoms with van der Waals surface area (Å²) in [6, 6.07) is 6.81. The number of nitrogens with zero attached hydrogens (tertiary/aromatic N) is 7. The molecule has 0 radical (unpaired) electrons. The zero-order valence-electron chi connectivity index (χ0n) is 18.5. The maximum atomic E-state index is 13.6. The van der Waals surface area contributed by atoms with Gasteiger partial charge in [0.1, 0.15) is 12.0 Å². The standard InChI is InChI=1S/C22H19F2N7O.3H2S/c23-20(24)17-10-19(31-22(29-17)27-11-28-31)14-4-2-13-3-6-18(14)30(13)21(32)12-1-5-15-16(9-12)26-8-7-25-15;;;/h1,5,7-11,13-14,18,20H,2-4,6H2;3*1H2/t13-,14-,18-;;;/m0.../s1. The van der Waals surface area contributed by atoms with Crippen molar-refractivity contribution in [1.29, 1.82) is 0 Å². The molecule has 35 heavy (non-hydrogen) atoms. The van der Waals surface area contributed by atoms with E-state index in [4.69, 9.17) is 0 Å². The molecule has 2 aliphatic heterocycles. The predicted molar refractivity (Wildman–Crippen MR) is 141 cm³/mol. The lowest BCUT2D eigenvalue weighted by Crippen LogP contribution is -2.47. The lowest BCUT2D eigenvalue weighted by atomic mass is 9.86.